The van der Waals surface area contributed by atoms with Gasteiger partial charge >= 0.3 is 6.18 Å². The van der Waals surface area contributed by atoms with E-state index in [0.29, 0.717) is 17.0 Å². The van der Waals surface area contributed by atoms with Gasteiger partial charge in [-0.25, -0.2) is 4.98 Å². The zero-order valence-corrected chi connectivity index (χ0v) is 29.9. The van der Waals surface area contributed by atoms with Gasteiger partial charge in [0.1, 0.15) is 11.3 Å². The van der Waals surface area contributed by atoms with Crippen LogP contribution in [0.2, 0.25) is 0 Å². The molecule has 0 radical (unpaired) electrons. The number of aromatic amines is 1. The van der Waals surface area contributed by atoms with E-state index in [0.717, 1.165) is 130 Å². The van der Waals surface area contributed by atoms with Gasteiger partial charge in [-0.3, -0.25) is 9.89 Å². The van der Waals surface area contributed by atoms with E-state index in [4.69, 9.17) is 14.7 Å². The summed E-state index contributed by atoms with van der Waals surface area (Å²) in [6.07, 6.45) is 4.37. The Morgan fingerprint density at radius 2 is 1.69 bits per heavy atom. The number of anilines is 2. The standard InChI is InChI=1S/C39H45F3N8O2/c1-4-30(51)50-21-38(22-50)10-14-48(15-11-38)35-27-17-26(25-6-7-25)32(31-24(2)5-8-29-28(31)18-43-46-29)34(52-23-39(40,41)42)33(27)44-36(45-35)49-16-12-37(20-49)9-13-47(3)19-37/h4-5,8,17-18,25H,1,6-7,9-16,19-23H2,2-3H3,(H,43,46). The van der Waals surface area contributed by atoms with Crippen LogP contribution in [0.25, 0.3) is 32.9 Å². The normalized spacial score (nSPS) is 23.4. The Hall–Kier alpha value is -4.39. The molecule has 5 aliphatic rings. The van der Waals surface area contributed by atoms with Crippen LogP contribution in [0.4, 0.5) is 24.9 Å². The topological polar surface area (TPSA) is 93.7 Å². The molecule has 52 heavy (non-hydrogen) atoms. The fourth-order valence-electron chi connectivity index (χ4n) is 9.49. The fraction of sp³-hybridized carbons (Fsp3) is 0.538. The van der Waals surface area contributed by atoms with E-state index in [2.05, 4.69) is 44.6 Å². The van der Waals surface area contributed by atoms with Crippen LogP contribution in [0.5, 0.6) is 5.75 Å². The monoisotopic (exact) mass is 714 g/mol. The van der Waals surface area contributed by atoms with E-state index in [1.54, 1.807) is 6.20 Å². The molecule has 4 aromatic rings. The van der Waals surface area contributed by atoms with Crippen LogP contribution in [-0.4, -0.2) is 108 Å². The van der Waals surface area contributed by atoms with Crippen molar-refractivity contribution in [3.63, 3.8) is 0 Å². The number of benzene rings is 2. The highest BCUT2D eigenvalue weighted by Gasteiger charge is 2.47. The molecule has 1 unspecified atom stereocenters. The number of carbonyl (C=O) groups is 1. The van der Waals surface area contributed by atoms with Crippen molar-refractivity contribution in [3.8, 4) is 16.9 Å². The van der Waals surface area contributed by atoms with Crippen molar-refractivity contribution in [3.05, 3.63) is 48.2 Å². The third-order valence-corrected chi connectivity index (χ3v) is 12.4. The van der Waals surface area contributed by atoms with Crippen molar-refractivity contribution < 1.29 is 22.7 Å². The molecule has 4 aliphatic heterocycles. The Morgan fingerprint density at radius 3 is 2.37 bits per heavy atom. The summed E-state index contributed by atoms with van der Waals surface area (Å²) < 4.78 is 48.3. The van der Waals surface area contributed by atoms with Gasteiger partial charge in [0, 0.05) is 73.0 Å². The minimum Gasteiger partial charge on any atom is -0.481 e. The Labute approximate surface area is 301 Å². The van der Waals surface area contributed by atoms with E-state index in [9.17, 15) is 18.0 Å². The molecule has 2 spiro atoms. The minimum atomic E-state index is -4.55. The molecule has 2 aromatic carbocycles. The van der Waals surface area contributed by atoms with Crippen molar-refractivity contribution in [2.24, 2.45) is 10.8 Å². The Morgan fingerprint density at radius 1 is 0.981 bits per heavy atom. The van der Waals surface area contributed by atoms with Gasteiger partial charge in [0.25, 0.3) is 0 Å². The molecule has 5 fully saturated rings. The minimum absolute atomic E-state index is 0.0347. The first-order valence-electron chi connectivity index (χ1n) is 18.5. The molecule has 1 saturated carbocycles. The van der Waals surface area contributed by atoms with Crippen LogP contribution < -0.4 is 14.5 Å². The maximum absolute atomic E-state index is 14.1. The highest BCUT2D eigenvalue weighted by Crippen LogP contribution is 2.54. The summed E-state index contributed by atoms with van der Waals surface area (Å²) in [5.41, 5.74) is 4.83. The van der Waals surface area contributed by atoms with Gasteiger partial charge in [-0.05, 0) is 99.9 Å². The second kappa shape index (κ2) is 12.1. The van der Waals surface area contributed by atoms with Crippen molar-refractivity contribution >= 4 is 39.5 Å². The number of nitrogens with one attached hydrogen (secondary N) is 1. The maximum Gasteiger partial charge on any atom is 0.422 e. The zero-order chi connectivity index (χ0) is 36.0. The quantitative estimate of drug-likeness (QED) is 0.219. The number of H-pyrrole nitrogens is 1. The predicted molar refractivity (Wildman–Crippen MR) is 195 cm³/mol. The van der Waals surface area contributed by atoms with E-state index in [1.807, 2.05) is 24.0 Å². The molecule has 274 valence electrons. The molecule has 10 nitrogen and oxygen atoms in total. The number of hydrogen-bond donors (Lipinski definition) is 1. The average molecular weight is 715 g/mol. The van der Waals surface area contributed by atoms with Gasteiger partial charge < -0.3 is 24.3 Å². The molecule has 1 amide bonds. The first-order chi connectivity index (χ1) is 24.9. The van der Waals surface area contributed by atoms with Gasteiger partial charge in [-0.2, -0.15) is 23.3 Å². The number of nitrogens with zero attached hydrogens (tertiary/aromatic N) is 7. The number of hydrogen-bond acceptors (Lipinski definition) is 8. The Kier molecular flexibility index (Phi) is 7.77. The largest absolute Gasteiger partial charge is 0.481 e. The fourth-order valence-corrected chi connectivity index (χ4v) is 9.49. The first kappa shape index (κ1) is 33.4. The lowest BCUT2D eigenvalue weighted by Crippen LogP contribution is -2.61. The van der Waals surface area contributed by atoms with Crippen molar-refractivity contribution in [1.82, 2.24) is 30.0 Å². The zero-order valence-electron chi connectivity index (χ0n) is 29.9. The van der Waals surface area contributed by atoms with E-state index < -0.39 is 12.8 Å². The van der Waals surface area contributed by atoms with Crippen LogP contribution >= 0.6 is 0 Å². The van der Waals surface area contributed by atoms with Crippen molar-refractivity contribution in [2.45, 2.75) is 57.5 Å². The Balaban J connectivity index is 1.22. The number of amides is 1. The molecule has 13 heteroatoms. The molecular formula is C39H45F3N8O2. The predicted octanol–water partition coefficient (Wildman–Crippen LogP) is 6.45. The van der Waals surface area contributed by atoms with Gasteiger partial charge in [0.05, 0.1) is 11.7 Å². The molecule has 2 aromatic heterocycles. The van der Waals surface area contributed by atoms with Crippen molar-refractivity contribution in [2.75, 3.05) is 75.8 Å². The second-order valence-electron chi connectivity index (χ2n) is 16.2. The number of fused-ring (bicyclic) bond motifs is 2. The second-order valence-corrected chi connectivity index (χ2v) is 16.2. The number of aryl methyl sites for hydroxylation is 1. The summed E-state index contributed by atoms with van der Waals surface area (Å²) in [6.45, 7) is 10.7. The average Bonchev–Trinajstić information content (AvgIpc) is 3.51. The summed E-state index contributed by atoms with van der Waals surface area (Å²) >= 11 is 0. The summed E-state index contributed by atoms with van der Waals surface area (Å²) in [5.74, 6) is 1.61. The van der Waals surface area contributed by atoms with Crippen LogP contribution in [0, 0.1) is 17.8 Å². The highest BCUT2D eigenvalue weighted by molar-refractivity contribution is 6.06. The van der Waals surface area contributed by atoms with Gasteiger partial charge in [-0.1, -0.05) is 12.6 Å². The van der Waals surface area contributed by atoms with Crippen molar-refractivity contribution in [1.29, 1.82) is 0 Å². The van der Waals surface area contributed by atoms with Crippen LogP contribution in [-0.2, 0) is 4.79 Å². The molecule has 1 atom stereocenters. The summed E-state index contributed by atoms with van der Waals surface area (Å²) in [6, 6.07) is 6.09. The molecular weight excluding hydrogens is 669 g/mol. The van der Waals surface area contributed by atoms with Crippen LogP contribution in [0.15, 0.2) is 37.1 Å². The lowest BCUT2D eigenvalue weighted by Gasteiger charge is -2.54. The third-order valence-electron chi connectivity index (χ3n) is 12.4. The van der Waals surface area contributed by atoms with Gasteiger partial charge in [-0.15, -0.1) is 0 Å². The molecule has 9 rings (SSSR count). The SMILES string of the molecule is C=CC(=O)N1CC2(CCN(c3nc(N4CCC5(CCN(C)C5)C4)nc4c(OCC(F)(F)F)c(-c5c(C)ccc6[nH]ncc56)c(C5CC5)cc34)CC2)C1. The van der Waals surface area contributed by atoms with Gasteiger partial charge in [0.15, 0.2) is 12.4 Å². The highest BCUT2D eigenvalue weighted by atomic mass is 19.4. The van der Waals surface area contributed by atoms with Gasteiger partial charge in [0.2, 0.25) is 11.9 Å². The number of piperidine rings is 1. The molecule has 4 saturated heterocycles. The van der Waals surface area contributed by atoms with E-state index >= 15 is 0 Å². The Bertz CT molecular complexity index is 2080. The number of likely N-dealkylation sites (tertiary alicyclic amines) is 2. The van der Waals surface area contributed by atoms with E-state index in [1.165, 1.54) is 6.08 Å². The number of aromatic nitrogens is 4. The van der Waals surface area contributed by atoms with E-state index in [-0.39, 0.29) is 28.4 Å². The lowest BCUT2D eigenvalue weighted by molar-refractivity contribution is -0.153. The number of carbonyl (C=O) groups excluding carboxylic acids is 1. The summed E-state index contributed by atoms with van der Waals surface area (Å²) in [5, 5.41) is 8.92. The van der Waals surface area contributed by atoms with Crippen LogP contribution in [0.1, 0.15) is 55.6 Å². The number of rotatable bonds is 7. The molecule has 0 bridgehead atoms. The first-order valence-corrected chi connectivity index (χ1v) is 18.5. The molecule has 1 aliphatic carbocycles. The third kappa shape index (κ3) is 5.75. The summed E-state index contributed by atoms with van der Waals surface area (Å²) in [7, 11) is 2.16. The lowest BCUT2D eigenvalue weighted by atomic mass is 9.72. The smallest absolute Gasteiger partial charge is 0.422 e. The summed E-state index contributed by atoms with van der Waals surface area (Å²) in [4.78, 5) is 31.5. The number of halogens is 3. The maximum atomic E-state index is 14.1. The molecule has 6 heterocycles. The van der Waals surface area contributed by atoms with Crippen LogP contribution in [0.3, 0.4) is 0 Å². The number of ether oxygens (including phenoxy) is 1. The number of alkyl halides is 3. The molecule has 1 N–H and O–H groups in total.